The van der Waals surface area contributed by atoms with E-state index in [1.54, 1.807) is 30.3 Å². The number of benzene rings is 3. The maximum Gasteiger partial charge on any atom is 0.416 e. The molecule has 26 heavy (non-hydrogen) atoms. The molecule has 0 radical (unpaired) electrons. The minimum Gasteiger partial charge on any atom is -0.336 e. The third kappa shape index (κ3) is 2.75. The van der Waals surface area contributed by atoms with Crippen molar-refractivity contribution in [2.45, 2.75) is 12.7 Å². The number of aromatic nitrogens is 1. The van der Waals surface area contributed by atoms with Gasteiger partial charge in [-0.1, -0.05) is 36.4 Å². The lowest BCUT2D eigenvalue weighted by Crippen LogP contribution is -2.12. The second kappa shape index (κ2) is 6.02. The molecule has 0 fully saturated rings. The van der Waals surface area contributed by atoms with Crippen molar-refractivity contribution in [1.29, 1.82) is 0 Å². The highest BCUT2D eigenvalue weighted by atomic mass is 19.4. The standard InChI is InChI=1S/C21H14F3NO/c22-21(23,24)15-7-5-6-14(12-15)13-25-18-10-3-1-8-16(18)20(26)17-9-2-4-11-19(17)25/h1-12H,13H2. The number of hydrogen-bond acceptors (Lipinski definition) is 1. The van der Waals surface area contributed by atoms with Crippen LogP contribution in [0.1, 0.15) is 11.1 Å². The zero-order chi connectivity index (χ0) is 18.3. The molecular weight excluding hydrogens is 339 g/mol. The second-order valence-electron chi connectivity index (χ2n) is 6.15. The Morgan fingerprint density at radius 3 is 1.92 bits per heavy atom. The lowest BCUT2D eigenvalue weighted by molar-refractivity contribution is -0.137. The molecule has 0 spiro atoms. The van der Waals surface area contributed by atoms with Gasteiger partial charge in [0.25, 0.3) is 0 Å². The maximum atomic E-state index is 13.0. The molecule has 0 saturated carbocycles. The van der Waals surface area contributed by atoms with Crippen LogP contribution in [0.15, 0.2) is 77.6 Å². The molecule has 5 heteroatoms. The van der Waals surface area contributed by atoms with Gasteiger partial charge in [-0.25, -0.2) is 0 Å². The number of alkyl halides is 3. The monoisotopic (exact) mass is 353 g/mol. The first-order chi connectivity index (χ1) is 12.4. The van der Waals surface area contributed by atoms with Crippen LogP contribution in [-0.2, 0) is 12.7 Å². The van der Waals surface area contributed by atoms with Gasteiger partial charge in [0.1, 0.15) is 0 Å². The van der Waals surface area contributed by atoms with Crippen molar-refractivity contribution in [3.8, 4) is 0 Å². The topological polar surface area (TPSA) is 22.0 Å². The van der Waals surface area contributed by atoms with Crippen LogP contribution in [0.5, 0.6) is 0 Å². The van der Waals surface area contributed by atoms with E-state index in [1.165, 1.54) is 6.07 Å². The van der Waals surface area contributed by atoms with Crippen molar-refractivity contribution < 1.29 is 13.2 Å². The van der Waals surface area contributed by atoms with Crippen molar-refractivity contribution in [2.24, 2.45) is 0 Å². The summed E-state index contributed by atoms with van der Waals surface area (Å²) in [7, 11) is 0. The number of fused-ring (bicyclic) bond motifs is 2. The molecule has 1 heterocycles. The first-order valence-corrected chi connectivity index (χ1v) is 8.11. The summed E-state index contributed by atoms with van der Waals surface area (Å²) in [6.45, 7) is 0.241. The lowest BCUT2D eigenvalue weighted by Gasteiger charge is -2.16. The van der Waals surface area contributed by atoms with E-state index in [4.69, 9.17) is 0 Å². The van der Waals surface area contributed by atoms with Crippen LogP contribution in [0.3, 0.4) is 0 Å². The van der Waals surface area contributed by atoms with E-state index in [0.29, 0.717) is 27.4 Å². The number of halogens is 3. The molecule has 0 unspecified atom stereocenters. The highest BCUT2D eigenvalue weighted by Gasteiger charge is 2.30. The predicted molar refractivity (Wildman–Crippen MR) is 96.3 cm³/mol. The van der Waals surface area contributed by atoms with Crippen molar-refractivity contribution in [1.82, 2.24) is 4.57 Å². The number of nitrogens with zero attached hydrogens (tertiary/aromatic N) is 1. The molecule has 130 valence electrons. The van der Waals surface area contributed by atoms with Crippen molar-refractivity contribution >= 4 is 21.8 Å². The average molecular weight is 353 g/mol. The highest BCUT2D eigenvalue weighted by molar-refractivity contribution is 5.93. The molecule has 4 rings (SSSR count). The van der Waals surface area contributed by atoms with Crippen LogP contribution in [0, 0.1) is 0 Å². The fourth-order valence-electron chi connectivity index (χ4n) is 3.28. The zero-order valence-corrected chi connectivity index (χ0v) is 13.6. The van der Waals surface area contributed by atoms with Crippen LogP contribution in [0.2, 0.25) is 0 Å². The molecule has 0 N–H and O–H groups in total. The third-order valence-corrected chi connectivity index (χ3v) is 4.47. The SMILES string of the molecule is O=c1c2ccccc2n(Cc2cccc(C(F)(F)F)c2)c2ccccc12. The molecule has 2 nitrogen and oxygen atoms in total. The predicted octanol–water partition coefficient (Wildman–Crippen LogP) is 5.22. The Kier molecular flexibility index (Phi) is 3.80. The first-order valence-electron chi connectivity index (χ1n) is 8.11. The summed E-state index contributed by atoms with van der Waals surface area (Å²) in [6.07, 6.45) is -4.39. The zero-order valence-electron chi connectivity index (χ0n) is 13.6. The number of pyridine rings is 1. The summed E-state index contributed by atoms with van der Waals surface area (Å²) >= 11 is 0. The van der Waals surface area contributed by atoms with E-state index in [0.717, 1.165) is 12.1 Å². The van der Waals surface area contributed by atoms with Gasteiger partial charge < -0.3 is 4.57 Å². The highest BCUT2D eigenvalue weighted by Crippen LogP contribution is 2.30. The summed E-state index contributed by atoms with van der Waals surface area (Å²) in [4.78, 5) is 12.7. The van der Waals surface area contributed by atoms with E-state index in [2.05, 4.69) is 0 Å². The van der Waals surface area contributed by atoms with Gasteiger partial charge in [-0.05, 0) is 42.0 Å². The van der Waals surface area contributed by atoms with Crippen LogP contribution < -0.4 is 5.43 Å². The minimum absolute atomic E-state index is 0.0727. The Morgan fingerprint density at radius 2 is 1.35 bits per heavy atom. The van der Waals surface area contributed by atoms with E-state index >= 15 is 0 Å². The van der Waals surface area contributed by atoms with Crippen LogP contribution in [0.25, 0.3) is 21.8 Å². The lowest BCUT2D eigenvalue weighted by atomic mass is 10.1. The quantitative estimate of drug-likeness (QED) is 0.453. The Labute approximate surface area is 147 Å². The molecule has 1 aromatic heterocycles. The molecule has 0 aliphatic carbocycles. The van der Waals surface area contributed by atoms with Crippen LogP contribution in [0.4, 0.5) is 13.2 Å². The molecular formula is C21H14F3NO. The Bertz CT molecular complexity index is 1120. The van der Waals surface area contributed by atoms with Gasteiger partial charge in [-0.15, -0.1) is 0 Å². The molecule has 3 aromatic carbocycles. The fourth-order valence-corrected chi connectivity index (χ4v) is 3.28. The van der Waals surface area contributed by atoms with Crippen molar-refractivity contribution in [3.05, 3.63) is 94.1 Å². The largest absolute Gasteiger partial charge is 0.416 e. The molecule has 0 saturated heterocycles. The fraction of sp³-hybridized carbons (Fsp3) is 0.0952. The molecule has 0 bridgehead atoms. The van der Waals surface area contributed by atoms with Gasteiger partial charge in [0.2, 0.25) is 0 Å². The molecule has 0 aliphatic heterocycles. The molecule has 0 atom stereocenters. The summed E-state index contributed by atoms with van der Waals surface area (Å²) in [6, 6.07) is 19.6. The summed E-state index contributed by atoms with van der Waals surface area (Å²) in [5.41, 5.74) is 1.18. The van der Waals surface area contributed by atoms with Gasteiger partial charge in [0.15, 0.2) is 5.43 Å². The van der Waals surface area contributed by atoms with E-state index in [1.807, 2.05) is 28.8 Å². The second-order valence-corrected chi connectivity index (χ2v) is 6.15. The van der Waals surface area contributed by atoms with Gasteiger partial charge in [-0.2, -0.15) is 13.2 Å². The van der Waals surface area contributed by atoms with Gasteiger partial charge >= 0.3 is 6.18 Å². The Balaban J connectivity index is 1.96. The van der Waals surface area contributed by atoms with Gasteiger partial charge in [-0.3, -0.25) is 4.79 Å². The first kappa shape index (κ1) is 16.4. The van der Waals surface area contributed by atoms with Gasteiger partial charge in [0.05, 0.1) is 16.6 Å². The minimum atomic E-state index is -4.39. The van der Waals surface area contributed by atoms with E-state index < -0.39 is 11.7 Å². The Hall–Kier alpha value is -3.08. The normalized spacial score (nSPS) is 12.0. The number of para-hydroxylation sites is 2. The summed E-state index contributed by atoms with van der Waals surface area (Å²) < 4.78 is 40.9. The molecule has 0 aliphatic rings. The van der Waals surface area contributed by atoms with E-state index in [-0.39, 0.29) is 12.0 Å². The smallest absolute Gasteiger partial charge is 0.336 e. The average Bonchev–Trinajstić information content (AvgIpc) is 2.65. The van der Waals surface area contributed by atoms with Gasteiger partial charge in [0, 0.05) is 17.3 Å². The third-order valence-electron chi connectivity index (χ3n) is 4.47. The van der Waals surface area contributed by atoms with Crippen LogP contribution >= 0.6 is 0 Å². The maximum absolute atomic E-state index is 13.0. The van der Waals surface area contributed by atoms with Crippen molar-refractivity contribution in [2.75, 3.05) is 0 Å². The number of rotatable bonds is 2. The number of hydrogen-bond donors (Lipinski definition) is 0. The molecule has 0 amide bonds. The van der Waals surface area contributed by atoms with Crippen molar-refractivity contribution in [3.63, 3.8) is 0 Å². The Morgan fingerprint density at radius 1 is 0.769 bits per heavy atom. The molecule has 4 aromatic rings. The summed E-state index contributed by atoms with van der Waals surface area (Å²) in [5, 5.41) is 1.11. The van der Waals surface area contributed by atoms with Crippen LogP contribution in [-0.4, -0.2) is 4.57 Å². The van der Waals surface area contributed by atoms with E-state index in [9.17, 15) is 18.0 Å². The summed E-state index contributed by atoms with van der Waals surface area (Å²) in [5.74, 6) is 0.